The van der Waals surface area contributed by atoms with Crippen LogP contribution in [0.3, 0.4) is 0 Å². The number of nitrogens with zero attached hydrogens (tertiary/aromatic N) is 8. The summed E-state index contributed by atoms with van der Waals surface area (Å²) in [7, 11) is 0. The molecule has 0 spiro atoms. The maximum atomic E-state index is 6.60. The van der Waals surface area contributed by atoms with E-state index in [-0.39, 0.29) is 20.1 Å². The molecule has 7 heterocycles. The van der Waals surface area contributed by atoms with Crippen molar-refractivity contribution < 1.29 is 28.9 Å². The predicted molar refractivity (Wildman–Crippen MR) is 524 cm³/mol. The minimum Gasteiger partial charge on any atom is -0.456 e. The van der Waals surface area contributed by atoms with Gasteiger partial charge in [-0.2, -0.15) is 0 Å². The Morgan fingerprint density at radius 2 is 0.646 bits per heavy atom. The number of aryl methyl sites for hydroxylation is 9. The van der Waals surface area contributed by atoms with Crippen LogP contribution in [0.2, 0.25) is 0 Å². The van der Waals surface area contributed by atoms with Gasteiger partial charge in [0.2, 0.25) is 0 Å². The first-order valence-corrected chi connectivity index (χ1v) is 43.8. The maximum Gasteiger partial charge on any atom is 3.00 e. The van der Waals surface area contributed by atoms with Gasteiger partial charge in [0.1, 0.15) is 22.3 Å². The summed E-state index contributed by atoms with van der Waals surface area (Å²) in [5.41, 5.74) is 36.0. The predicted octanol–water partition coefficient (Wildman–Crippen LogP) is 30.8. The van der Waals surface area contributed by atoms with Crippen molar-refractivity contribution in [2.75, 3.05) is 0 Å². The molecule has 0 amide bonds. The van der Waals surface area contributed by atoms with Gasteiger partial charge in [0, 0.05) is 109 Å². The molecule has 0 saturated heterocycles. The molecule has 0 bridgehead atoms. The fraction of sp³-hybridized carbons (Fsp3) is 0.147. The number of para-hydroxylation sites is 4. The molecule has 0 aliphatic heterocycles. The fourth-order valence-corrected chi connectivity index (χ4v) is 19.0. The molecule has 22 aromatic rings. The van der Waals surface area contributed by atoms with Gasteiger partial charge in [-0.3, -0.25) is 15.0 Å². The van der Waals surface area contributed by atoms with Crippen molar-refractivity contribution in [3.05, 3.63) is 408 Å². The summed E-state index contributed by atoms with van der Waals surface area (Å²) >= 11 is 0. The van der Waals surface area contributed by atoms with Gasteiger partial charge in [0.05, 0.1) is 39.5 Å². The van der Waals surface area contributed by atoms with Crippen LogP contribution in [0.1, 0.15) is 114 Å². The Morgan fingerprint density at radius 1 is 0.299 bits per heavy atom. The van der Waals surface area contributed by atoms with Crippen LogP contribution >= 0.6 is 0 Å². The number of aromatic nitrogens is 8. The number of imidazole rings is 3. The van der Waals surface area contributed by atoms with Gasteiger partial charge in [-0.1, -0.05) is 190 Å². The van der Waals surface area contributed by atoms with Crippen LogP contribution in [0.15, 0.2) is 337 Å². The van der Waals surface area contributed by atoms with Gasteiger partial charge in [-0.25, -0.2) is 0 Å². The van der Waals surface area contributed by atoms with Crippen LogP contribution in [0.5, 0.6) is 0 Å². The van der Waals surface area contributed by atoms with Gasteiger partial charge >= 0.3 is 20.1 Å². The summed E-state index contributed by atoms with van der Waals surface area (Å²) < 4.78 is 24.4. The molecule has 0 N–H and O–H groups in total. The molecule has 0 saturated carbocycles. The standard InChI is InChI=1S/C58H40N2O2.C22H25N2.2C18H17N2.Ir/c1-3-35(2)38-28-39(36-20-24-47-49-33-41(22-26-55(49)61-57(47)31-36)59-51-16-8-4-12-43(51)44-13-5-9-17-52(44)59)30-40(29-38)37-21-25-48-50-34-42(23-27-56(50)62-58(48)32-37)60-53-18-10-6-14-45(53)46-15-7-11-19-54(46)60;1-6-16(3)19-7-9-20(10-8-19)22-23-11-12-24(22)21-17(4)13-15(2)14-18(21)5;2*1-13-11-14(2)17(15(3)12-13)20-10-9-19-18(20)16-7-5-4-6-8-16;/h4-35H,3H2,1-2H3;7-9,11-14,16H,6H2,1-5H3;2*4-7,9-12H,1-3H3;/q;3*-1;+3. The van der Waals surface area contributed by atoms with Crippen molar-refractivity contribution >= 4 is 87.5 Å². The van der Waals surface area contributed by atoms with Crippen molar-refractivity contribution in [2.45, 2.75) is 115 Å². The minimum atomic E-state index is 0. The molecule has 11 heteroatoms. The fourth-order valence-electron chi connectivity index (χ4n) is 19.0. The first kappa shape index (κ1) is 83.7. The maximum absolute atomic E-state index is 6.60. The summed E-state index contributed by atoms with van der Waals surface area (Å²) in [6, 6.07) is 114. The van der Waals surface area contributed by atoms with E-state index in [1.54, 1.807) is 0 Å². The third-order valence-corrected chi connectivity index (χ3v) is 25.1. The first-order chi connectivity index (χ1) is 61.4. The number of hydrogen-bond acceptors (Lipinski definition) is 5. The summed E-state index contributed by atoms with van der Waals surface area (Å²) in [6.45, 7) is 28.4. The van der Waals surface area contributed by atoms with E-state index in [1.807, 2.05) is 85.7 Å². The number of rotatable bonds is 14. The first-order valence-electron chi connectivity index (χ1n) is 43.8. The van der Waals surface area contributed by atoms with Crippen molar-refractivity contribution in [3.63, 3.8) is 0 Å². The molecule has 10 nitrogen and oxygen atoms in total. The molecule has 127 heavy (non-hydrogen) atoms. The van der Waals surface area contributed by atoms with Crippen molar-refractivity contribution in [2.24, 2.45) is 0 Å². The van der Waals surface area contributed by atoms with E-state index in [9.17, 15) is 0 Å². The average molecular weight is 1830 g/mol. The van der Waals surface area contributed by atoms with E-state index < -0.39 is 0 Å². The average Bonchev–Trinajstić information content (AvgIpc) is 1.59. The molecule has 0 radical (unpaired) electrons. The van der Waals surface area contributed by atoms with Crippen LogP contribution in [-0.4, -0.2) is 37.8 Å². The number of fused-ring (bicyclic) bond motifs is 12. The Labute approximate surface area is 756 Å². The third-order valence-electron chi connectivity index (χ3n) is 25.1. The van der Waals surface area contributed by atoms with Crippen LogP contribution in [-0.2, 0) is 20.1 Å². The normalized spacial score (nSPS) is 11.9. The SMILES string of the molecule is CCC(C)c1c[c-]c(-c2nccn2-c2c(C)cc(C)cc2C)cc1.CCC(C)c1cc(-c2ccc3c(c2)oc2ccc(-n4c5ccccc5c5ccccc54)cc23)cc(-c2ccc3c(c2)oc2ccc(-n4c5ccccc5c5ccccc54)cc23)c1.Cc1cc(C)c(-n2ccnc2-c2[c-]cccc2)c(C)c1.Cc1cc(C)c(-n2ccnc2-c2[c-]cccc2)c(C)c1.[Ir+3]. The van der Waals surface area contributed by atoms with Gasteiger partial charge in [-0.05, 0) is 227 Å². The second kappa shape index (κ2) is 35.4. The molecule has 0 aliphatic rings. The topological polar surface area (TPSA) is 89.6 Å². The molecule has 22 rings (SSSR count). The van der Waals surface area contributed by atoms with Crippen molar-refractivity contribution in [3.8, 4) is 84.9 Å². The van der Waals surface area contributed by atoms with Crippen LogP contribution < -0.4 is 0 Å². The van der Waals surface area contributed by atoms with Gasteiger partial charge < -0.3 is 31.7 Å². The third kappa shape index (κ3) is 16.0. The summed E-state index contributed by atoms with van der Waals surface area (Å²) in [5.74, 6) is 3.77. The Hall–Kier alpha value is -14.2. The number of hydrogen-bond donors (Lipinski definition) is 0. The van der Waals surface area contributed by atoms with Crippen LogP contribution in [0.25, 0.3) is 172 Å². The van der Waals surface area contributed by atoms with Crippen LogP contribution in [0.4, 0.5) is 0 Å². The van der Waals surface area contributed by atoms with E-state index in [1.165, 1.54) is 133 Å². The largest absolute Gasteiger partial charge is 3.00 e. The van der Waals surface area contributed by atoms with Crippen molar-refractivity contribution in [1.29, 1.82) is 0 Å². The van der Waals surface area contributed by atoms with Gasteiger partial charge in [0.15, 0.2) is 0 Å². The van der Waals surface area contributed by atoms with Crippen LogP contribution in [0, 0.1) is 80.5 Å². The zero-order valence-corrected chi connectivity index (χ0v) is 76.4. The van der Waals surface area contributed by atoms with E-state index >= 15 is 0 Å². The number of furan rings is 2. The molecule has 2 unspecified atom stereocenters. The van der Waals surface area contributed by atoms with E-state index in [0.29, 0.717) is 11.8 Å². The van der Waals surface area contributed by atoms with E-state index in [2.05, 4.69) is 389 Å². The van der Waals surface area contributed by atoms with Crippen molar-refractivity contribution in [1.82, 2.24) is 37.8 Å². The monoisotopic (exact) mass is 1830 g/mol. The van der Waals surface area contributed by atoms with E-state index in [0.717, 1.165) is 113 Å². The molecular weight excluding hydrogens is 1730 g/mol. The number of benzene rings is 15. The Bertz CT molecular complexity index is 7280. The molecule has 7 aromatic heterocycles. The zero-order chi connectivity index (χ0) is 86.5. The quantitative estimate of drug-likeness (QED) is 0.101. The Morgan fingerprint density at radius 3 is 0.984 bits per heavy atom. The second-order valence-electron chi connectivity index (χ2n) is 33.9. The molecular formula is C116H99IrN8O2. The Kier molecular flexibility index (Phi) is 23.3. The smallest absolute Gasteiger partial charge is 0.456 e. The Balaban J connectivity index is 0.000000137. The molecule has 15 aromatic carbocycles. The second-order valence-corrected chi connectivity index (χ2v) is 33.9. The zero-order valence-electron chi connectivity index (χ0n) is 74.0. The molecule has 2 atom stereocenters. The molecule has 0 fully saturated rings. The minimum absolute atomic E-state index is 0. The molecule has 624 valence electrons. The summed E-state index contributed by atoms with van der Waals surface area (Å²) in [5, 5.41) is 9.47. The molecule has 0 aliphatic carbocycles. The summed E-state index contributed by atoms with van der Waals surface area (Å²) in [6.07, 6.45) is 13.8. The van der Waals surface area contributed by atoms with E-state index in [4.69, 9.17) is 8.83 Å². The summed E-state index contributed by atoms with van der Waals surface area (Å²) in [4.78, 5) is 13.6. The van der Waals surface area contributed by atoms with Gasteiger partial charge in [0.25, 0.3) is 0 Å². The van der Waals surface area contributed by atoms with Gasteiger partial charge in [-0.15, -0.1) is 107 Å².